The molecule has 0 aliphatic rings. The van der Waals surface area contributed by atoms with Crippen molar-refractivity contribution in [2.45, 2.75) is 17.4 Å². The number of rotatable bonds is 6. The monoisotopic (exact) mass is 347 g/mol. The van der Waals surface area contributed by atoms with Crippen LogP contribution in [0.1, 0.15) is 22.6 Å². The van der Waals surface area contributed by atoms with E-state index in [-0.39, 0.29) is 11.8 Å². The second-order valence-corrected chi connectivity index (χ2v) is 6.70. The van der Waals surface area contributed by atoms with E-state index in [2.05, 4.69) is 35.8 Å². The first-order valence-electron chi connectivity index (χ1n) is 8.28. The number of nitrogens with one attached hydrogen (secondary N) is 1. The van der Waals surface area contributed by atoms with E-state index in [1.807, 2.05) is 60.7 Å². The minimum atomic E-state index is -0.298. The minimum absolute atomic E-state index is 0.0198. The normalized spacial score (nSPS) is 10.6. The van der Waals surface area contributed by atoms with E-state index < -0.39 is 0 Å². The average Bonchev–Trinajstić information content (AvgIpc) is 2.69. The Labute approximate surface area is 153 Å². The third-order valence-electron chi connectivity index (χ3n) is 4.15. The topological polar surface area (TPSA) is 29.1 Å². The van der Waals surface area contributed by atoms with Crippen LogP contribution in [0.4, 0.5) is 0 Å². The summed E-state index contributed by atoms with van der Waals surface area (Å²) in [4.78, 5) is 14.1. The van der Waals surface area contributed by atoms with Crippen molar-refractivity contribution in [3.63, 3.8) is 0 Å². The molecule has 0 bridgehead atoms. The zero-order chi connectivity index (χ0) is 17.5. The van der Waals surface area contributed by atoms with Crippen LogP contribution in [0, 0.1) is 0 Å². The molecule has 0 aliphatic heterocycles. The molecule has 3 aromatic rings. The van der Waals surface area contributed by atoms with Gasteiger partial charge >= 0.3 is 0 Å². The van der Waals surface area contributed by atoms with Gasteiger partial charge in [-0.05, 0) is 35.1 Å². The van der Waals surface area contributed by atoms with Crippen LogP contribution in [0.5, 0.6) is 0 Å². The van der Waals surface area contributed by atoms with Crippen molar-refractivity contribution in [3.8, 4) is 0 Å². The standard InChI is InChI=1S/C22H21NOS/c1-25-20-14-12-17(13-15-20)16-23-22(24)21(18-8-4-2-5-9-18)19-10-6-3-7-11-19/h2-15,21H,16H2,1H3,(H,23,24). The number of thioether (sulfide) groups is 1. The molecule has 1 N–H and O–H groups in total. The number of hydrogen-bond donors (Lipinski definition) is 1. The molecular formula is C22H21NOS. The molecule has 0 saturated heterocycles. The zero-order valence-corrected chi connectivity index (χ0v) is 15.0. The Morgan fingerprint density at radius 2 is 1.36 bits per heavy atom. The fourth-order valence-corrected chi connectivity index (χ4v) is 3.23. The maximum Gasteiger partial charge on any atom is 0.232 e. The molecule has 0 aliphatic carbocycles. The molecule has 25 heavy (non-hydrogen) atoms. The highest BCUT2D eigenvalue weighted by Crippen LogP contribution is 2.25. The molecule has 2 nitrogen and oxygen atoms in total. The third-order valence-corrected chi connectivity index (χ3v) is 4.90. The molecule has 0 fully saturated rings. The predicted molar refractivity (Wildman–Crippen MR) is 105 cm³/mol. The minimum Gasteiger partial charge on any atom is -0.351 e. The van der Waals surface area contributed by atoms with Crippen LogP contribution < -0.4 is 5.32 Å². The highest BCUT2D eigenvalue weighted by molar-refractivity contribution is 7.98. The van der Waals surface area contributed by atoms with E-state index in [0.29, 0.717) is 6.54 Å². The largest absolute Gasteiger partial charge is 0.351 e. The molecule has 1 amide bonds. The summed E-state index contributed by atoms with van der Waals surface area (Å²) in [5.41, 5.74) is 3.11. The summed E-state index contributed by atoms with van der Waals surface area (Å²) in [7, 11) is 0. The first kappa shape index (κ1) is 17.3. The zero-order valence-electron chi connectivity index (χ0n) is 14.2. The maximum absolute atomic E-state index is 12.9. The van der Waals surface area contributed by atoms with Crippen molar-refractivity contribution in [2.24, 2.45) is 0 Å². The smallest absolute Gasteiger partial charge is 0.232 e. The molecule has 3 heteroatoms. The molecule has 0 radical (unpaired) electrons. The SMILES string of the molecule is CSc1ccc(CNC(=O)C(c2ccccc2)c2ccccc2)cc1. The van der Waals surface area contributed by atoms with E-state index in [9.17, 15) is 4.79 Å². The summed E-state index contributed by atoms with van der Waals surface area (Å²) >= 11 is 1.71. The lowest BCUT2D eigenvalue weighted by molar-refractivity contribution is -0.121. The fourth-order valence-electron chi connectivity index (χ4n) is 2.82. The molecular weight excluding hydrogens is 326 g/mol. The van der Waals surface area contributed by atoms with Gasteiger partial charge in [0.15, 0.2) is 0 Å². The average molecular weight is 347 g/mol. The van der Waals surface area contributed by atoms with Crippen LogP contribution in [0.3, 0.4) is 0 Å². The lowest BCUT2D eigenvalue weighted by Crippen LogP contribution is -2.29. The number of carbonyl (C=O) groups excluding carboxylic acids is 1. The fraction of sp³-hybridized carbons (Fsp3) is 0.136. The van der Waals surface area contributed by atoms with Crippen molar-refractivity contribution in [3.05, 3.63) is 102 Å². The highest BCUT2D eigenvalue weighted by Gasteiger charge is 2.22. The van der Waals surface area contributed by atoms with Gasteiger partial charge in [0.1, 0.15) is 0 Å². The lowest BCUT2D eigenvalue weighted by Gasteiger charge is -2.18. The Bertz CT molecular complexity index is 761. The molecule has 0 unspecified atom stereocenters. The quantitative estimate of drug-likeness (QED) is 0.645. The first-order valence-corrected chi connectivity index (χ1v) is 9.51. The van der Waals surface area contributed by atoms with Crippen molar-refractivity contribution >= 4 is 17.7 Å². The second-order valence-electron chi connectivity index (χ2n) is 5.82. The molecule has 3 aromatic carbocycles. The van der Waals surface area contributed by atoms with Crippen LogP contribution in [-0.4, -0.2) is 12.2 Å². The molecule has 0 heterocycles. The van der Waals surface area contributed by atoms with Gasteiger partial charge < -0.3 is 5.32 Å². The van der Waals surface area contributed by atoms with Gasteiger partial charge in [-0.2, -0.15) is 0 Å². The Morgan fingerprint density at radius 3 is 1.84 bits per heavy atom. The van der Waals surface area contributed by atoms with Crippen LogP contribution in [0.25, 0.3) is 0 Å². The van der Waals surface area contributed by atoms with Crippen molar-refractivity contribution in [1.82, 2.24) is 5.32 Å². The van der Waals surface area contributed by atoms with E-state index in [1.54, 1.807) is 11.8 Å². The van der Waals surface area contributed by atoms with Gasteiger partial charge in [0.2, 0.25) is 5.91 Å². The van der Waals surface area contributed by atoms with Crippen molar-refractivity contribution in [2.75, 3.05) is 6.26 Å². The van der Waals surface area contributed by atoms with E-state index in [0.717, 1.165) is 16.7 Å². The molecule has 126 valence electrons. The molecule has 0 spiro atoms. The Kier molecular flexibility index (Phi) is 5.91. The Morgan fingerprint density at radius 1 is 0.840 bits per heavy atom. The lowest BCUT2D eigenvalue weighted by atomic mass is 9.90. The summed E-state index contributed by atoms with van der Waals surface area (Å²) in [6, 6.07) is 28.1. The van der Waals surface area contributed by atoms with Gasteiger partial charge in [0, 0.05) is 11.4 Å². The van der Waals surface area contributed by atoms with E-state index >= 15 is 0 Å². The van der Waals surface area contributed by atoms with Crippen LogP contribution in [-0.2, 0) is 11.3 Å². The maximum atomic E-state index is 12.9. The molecule has 0 saturated carbocycles. The number of hydrogen-bond acceptors (Lipinski definition) is 2. The second kappa shape index (κ2) is 8.54. The van der Waals surface area contributed by atoms with Gasteiger partial charge in [-0.1, -0.05) is 72.8 Å². The number of benzene rings is 3. The predicted octanol–water partition coefficient (Wildman–Crippen LogP) is 4.86. The van der Waals surface area contributed by atoms with Crippen LogP contribution >= 0.6 is 11.8 Å². The first-order chi connectivity index (χ1) is 12.3. The number of amides is 1. The van der Waals surface area contributed by atoms with Crippen LogP contribution in [0.15, 0.2) is 89.8 Å². The highest BCUT2D eigenvalue weighted by atomic mass is 32.2. The molecule has 3 rings (SSSR count). The third kappa shape index (κ3) is 4.52. The van der Waals surface area contributed by atoms with Gasteiger partial charge in [-0.15, -0.1) is 11.8 Å². The van der Waals surface area contributed by atoms with Gasteiger partial charge in [-0.3, -0.25) is 4.79 Å². The van der Waals surface area contributed by atoms with E-state index in [1.165, 1.54) is 4.90 Å². The summed E-state index contributed by atoms with van der Waals surface area (Å²) in [6.07, 6.45) is 2.06. The van der Waals surface area contributed by atoms with Gasteiger partial charge in [0.25, 0.3) is 0 Å². The Balaban J connectivity index is 1.77. The summed E-state index contributed by atoms with van der Waals surface area (Å²) in [5, 5.41) is 3.09. The summed E-state index contributed by atoms with van der Waals surface area (Å²) in [6.45, 7) is 0.531. The van der Waals surface area contributed by atoms with Crippen molar-refractivity contribution < 1.29 is 4.79 Å². The van der Waals surface area contributed by atoms with Crippen molar-refractivity contribution in [1.29, 1.82) is 0 Å². The van der Waals surface area contributed by atoms with Gasteiger partial charge in [-0.25, -0.2) is 0 Å². The molecule has 0 atom stereocenters. The summed E-state index contributed by atoms with van der Waals surface area (Å²) in [5.74, 6) is -0.279. The van der Waals surface area contributed by atoms with E-state index in [4.69, 9.17) is 0 Å². The summed E-state index contributed by atoms with van der Waals surface area (Å²) < 4.78 is 0. The van der Waals surface area contributed by atoms with Crippen LogP contribution in [0.2, 0.25) is 0 Å². The Hall–Kier alpha value is -2.52. The van der Waals surface area contributed by atoms with Gasteiger partial charge in [0.05, 0.1) is 5.92 Å². The number of carbonyl (C=O) groups is 1. The molecule has 0 aromatic heterocycles.